The average molecular weight is 449 g/mol. The van der Waals surface area contributed by atoms with Gasteiger partial charge in [0.1, 0.15) is 17.5 Å². The number of methoxy groups -OCH3 is 1. The number of benzene rings is 2. The summed E-state index contributed by atoms with van der Waals surface area (Å²) in [5.41, 5.74) is -0.545. The summed E-state index contributed by atoms with van der Waals surface area (Å²) < 4.78 is 59.6. The van der Waals surface area contributed by atoms with Crippen molar-refractivity contribution < 1.29 is 27.1 Å². The maximum atomic E-state index is 14.1. The number of urea groups is 1. The first kappa shape index (κ1) is 22.9. The van der Waals surface area contributed by atoms with Crippen LogP contribution in [-0.4, -0.2) is 35.8 Å². The molecule has 0 radical (unpaired) electrons. The van der Waals surface area contributed by atoms with E-state index >= 15 is 0 Å². The van der Waals surface area contributed by atoms with Crippen LogP contribution in [0.4, 0.5) is 45.5 Å². The van der Waals surface area contributed by atoms with Crippen molar-refractivity contribution >= 4 is 29.2 Å². The first-order valence-corrected chi connectivity index (χ1v) is 9.38. The number of nitrogens with one attached hydrogen (secondary N) is 2. The molecule has 1 heterocycles. The van der Waals surface area contributed by atoms with Crippen molar-refractivity contribution in [2.24, 2.45) is 0 Å². The highest BCUT2D eigenvalue weighted by Gasteiger charge is 2.23. The predicted octanol–water partition coefficient (Wildman–Crippen LogP) is 4.85. The fourth-order valence-corrected chi connectivity index (χ4v) is 2.82. The topological polar surface area (TPSA) is 79.4 Å². The molecule has 32 heavy (non-hydrogen) atoms. The minimum Gasteiger partial charge on any atom is -0.383 e. The zero-order chi connectivity index (χ0) is 23.3. The molecular formula is C21H19F4N5O2. The van der Waals surface area contributed by atoms with E-state index in [2.05, 4.69) is 20.6 Å². The van der Waals surface area contributed by atoms with Gasteiger partial charge in [-0.05, 0) is 31.2 Å². The Hall–Kier alpha value is -3.73. The zero-order valence-corrected chi connectivity index (χ0v) is 17.1. The van der Waals surface area contributed by atoms with Crippen LogP contribution in [-0.2, 0) is 4.74 Å². The average Bonchev–Trinajstić information content (AvgIpc) is 2.74. The number of halogens is 4. The first-order chi connectivity index (χ1) is 15.3. The Balaban J connectivity index is 1.98. The lowest BCUT2D eigenvalue weighted by atomic mass is 10.2. The van der Waals surface area contributed by atoms with E-state index in [4.69, 9.17) is 4.74 Å². The third kappa shape index (κ3) is 5.49. The molecule has 2 aromatic carbocycles. The van der Waals surface area contributed by atoms with E-state index in [1.54, 1.807) is 0 Å². The SMILES string of the molecule is COCC(C)Nc1nccc(N(C(=O)Nc2cc(F)cc(F)c2F)c2ccc(F)cc2)n1. The lowest BCUT2D eigenvalue weighted by Crippen LogP contribution is -2.32. The largest absolute Gasteiger partial charge is 0.383 e. The summed E-state index contributed by atoms with van der Waals surface area (Å²) in [6.07, 6.45) is 1.37. The number of hydrogen-bond donors (Lipinski definition) is 2. The highest BCUT2D eigenvalue weighted by atomic mass is 19.2. The summed E-state index contributed by atoms with van der Waals surface area (Å²) in [5.74, 6) is -4.33. The van der Waals surface area contributed by atoms with E-state index in [-0.39, 0.29) is 23.5 Å². The van der Waals surface area contributed by atoms with Crippen molar-refractivity contribution in [2.45, 2.75) is 13.0 Å². The molecule has 0 aliphatic carbocycles. The van der Waals surface area contributed by atoms with E-state index in [0.717, 1.165) is 17.0 Å². The van der Waals surface area contributed by atoms with E-state index < -0.39 is 35.0 Å². The molecule has 0 fully saturated rings. The molecular weight excluding hydrogens is 430 g/mol. The molecule has 3 rings (SSSR count). The third-order valence-electron chi connectivity index (χ3n) is 4.18. The smallest absolute Gasteiger partial charge is 0.332 e. The maximum absolute atomic E-state index is 14.1. The molecule has 11 heteroatoms. The van der Waals surface area contributed by atoms with Crippen LogP contribution >= 0.6 is 0 Å². The minimum absolute atomic E-state index is 0.0357. The lowest BCUT2D eigenvalue weighted by molar-refractivity contribution is 0.190. The molecule has 2 amide bonds. The lowest BCUT2D eigenvalue weighted by Gasteiger charge is -2.23. The second-order valence-corrected chi connectivity index (χ2v) is 6.73. The van der Waals surface area contributed by atoms with Gasteiger partial charge in [0.25, 0.3) is 0 Å². The van der Waals surface area contributed by atoms with Crippen molar-refractivity contribution in [1.82, 2.24) is 9.97 Å². The van der Waals surface area contributed by atoms with Gasteiger partial charge in [0.05, 0.1) is 18.0 Å². The normalized spacial score (nSPS) is 11.7. The quantitative estimate of drug-likeness (QED) is 0.398. The molecule has 0 aliphatic heterocycles. The van der Waals surface area contributed by atoms with Gasteiger partial charge in [0, 0.05) is 37.5 Å². The fraction of sp³-hybridized carbons (Fsp3) is 0.190. The van der Waals surface area contributed by atoms with Gasteiger partial charge in [-0.25, -0.2) is 32.2 Å². The van der Waals surface area contributed by atoms with Crippen molar-refractivity contribution in [3.63, 3.8) is 0 Å². The Morgan fingerprint density at radius 3 is 2.50 bits per heavy atom. The highest BCUT2D eigenvalue weighted by Crippen LogP contribution is 2.27. The molecule has 1 atom stereocenters. The van der Waals surface area contributed by atoms with E-state index in [9.17, 15) is 22.4 Å². The summed E-state index contributed by atoms with van der Waals surface area (Å²) in [6.45, 7) is 2.19. The van der Waals surface area contributed by atoms with Crippen LogP contribution in [0.2, 0.25) is 0 Å². The number of aromatic nitrogens is 2. The monoisotopic (exact) mass is 449 g/mol. The van der Waals surface area contributed by atoms with Crippen molar-refractivity contribution in [3.05, 3.63) is 71.9 Å². The summed E-state index contributed by atoms with van der Waals surface area (Å²) >= 11 is 0. The molecule has 0 saturated carbocycles. The van der Waals surface area contributed by atoms with Crippen LogP contribution in [0.25, 0.3) is 0 Å². The molecule has 3 aromatic rings. The van der Waals surface area contributed by atoms with E-state index in [1.807, 2.05) is 6.92 Å². The highest BCUT2D eigenvalue weighted by molar-refractivity contribution is 6.06. The van der Waals surface area contributed by atoms with Crippen LogP contribution in [0.1, 0.15) is 6.92 Å². The van der Waals surface area contributed by atoms with Gasteiger partial charge in [-0.15, -0.1) is 0 Å². The zero-order valence-electron chi connectivity index (χ0n) is 17.1. The fourth-order valence-electron chi connectivity index (χ4n) is 2.82. The number of anilines is 4. The molecule has 0 bridgehead atoms. The molecule has 1 aromatic heterocycles. The van der Waals surface area contributed by atoms with Crippen LogP contribution in [0.3, 0.4) is 0 Å². The van der Waals surface area contributed by atoms with Gasteiger partial charge in [-0.3, -0.25) is 0 Å². The van der Waals surface area contributed by atoms with Crippen LogP contribution in [0.15, 0.2) is 48.7 Å². The van der Waals surface area contributed by atoms with Crippen LogP contribution < -0.4 is 15.5 Å². The Morgan fingerprint density at radius 1 is 1.09 bits per heavy atom. The molecule has 168 valence electrons. The molecule has 0 saturated heterocycles. The first-order valence-electron chi connectivity index (χ1n) is 9.38. The van der Waals surface area contributed by atoms with Gasteiger partial charge in [0.2, 0.25) is 5.95 Å². The Morgan fingerprint density at radius 2 is 1.81 bits per heavy atom. The van der Waals surface area contributed by atoms with Crippen LogP contribution in [0, 0.1) is 23.3 Å². The van der Waals surface area contributed by atoms with Crippen molar-refractivity contribution in [3.8, 4) is 0 Å². The molecule has 2 N–H and O–H groups in total. The summed E-state index contributed by atoms with van der Waals surface area (Å²) in [6, 6.07) is 6.03. The van der Waals surface area contributed by atoms with Gasteiger partial charge in [-0.1, -0.05) is 0 Å². The molecule has 0 spiro atoms. The number of nitrogens with zero attached hydrogens (tertiary/aromatic N) is 3. The number of ether oxygens (including phenoxy) is 1. The molecule has 7 nitrogen and oxygen atoms in total. The van der Waals surface area contributed by atoms with Gasteiger partial charge >= 0.3 is 6.03 Å². The van der Waals surface area contributed by atoms with Crippen LogP contribution in [0.5, 0.6) is 0 Å². The van der Waals surface area contributed by atoms with E-state index in [0.29, 0.717) is 18.7 Å². The Bertz CT molecular complexity index is 1100. The number of rotatable bonds is 7. The molecule has 1 unspecified atom stereocenters. The van der Waals surface area contributed by atoms with Gasteiger partial charge in [-0.2, -0.15) is 4.98 Å². The second kappa shape index (κ2) is 10.1. The Labute approximate surface area is 181 Å². The van der Waals surface area contributed by atoms with Gasteiger partial charge < -0.3 is 15.4 Å². The summed E-state index contributed by atoms with van der Waals surface area (Å²) in [7, 11) is 1.53. The van der Waals surface area contributed by atoms with Crippen molar-refractivity contribution in [2.75, 3.05) is 29.3 Å². The maximum Gasteiger partial charge on any atom is 0.332 e. The summed E-state index contributed by atoms with van der Waals surface area (Å²) in [4.78, 5) is 22.3. The summed E-state index contributed by atoms with van der Waals surface area (Å²) in [5, 5.41) is 5.11. The van der Waals surface area contributed by atoms with Gasteiger partial charge in [0.15, 0.2) is 11.6 Å². The van der Waals surface area contributed by atoms with Crippen molar-refractivity contribution in [1.29, 1.82) is 0 Å². The Kier molecular flexibility index (Phi) is 7.21. The number of carbonyl (C=O) groups is 1. The predicted molar refractivity (Wildman–Crippen MR) is 111 cm³/mol. The number of amides is 2. The standard InChI is InChI=1S/C21H19F4N5O2/c1-12(11-32-2)27-20-26-8-7-18(29-20)30(15-5-3-13(22)4-6-15)21(31)28-17-10-14(23)9-16(24)19(17)25/h3-10,12H,11H2,1-2H3,(H,28,31)(H,26,27,29). The minimum atomic E-state index is -1.46. The van der Waals surface area contributed by atoms with E-state index in [1.165, 1.54) is 31.5 Å². The second-order valence-electron chi connectivity index (χ2n) is 6.73. The number of hydrogen-bond acceptors (Lipinski definition) is 5. The number of carbonyl (C=O) groups excluding carboxylic acids is 1. The molecule has 0 aliphatic rings. The third-order valence-corrected chi connectivity index (χ3v) is 4.18.